The Morgan fingerprint density at radius 3 is 2.76 bits per heavy atom. The normalized spacial score (nSPS) is 18.6. The van der Waals surface area contributed by atoms with Gasteiger partial charge in [0.15, 0.2) is 0 Å². The Hall–Kier alpha value is -3.09. The highest BCUT2D eigenvalue weighted by molar-refractivity contribution is 6.01. The molecular weight excluding hydrogens is 375 g/mol. The van der Waals surface area contributed by atoms with Gasteiger partial charge in [0.25, 0.3) is 0 Å². The van der Waals surface area contributed by atoms with E-state index in [1.807, 2.05) is 6.07 Å². The number of carbonyl (C=O) groups excluding carboxylic acids is 2. The standard InChI is InChI=1S/C22H23FN2O4/c1-28-16-6-7-19(20(11-16)29-2)25-12-15(10-21(25)26)22(27)24-9-8-14-4-3-5-18(23)17(14)13-24/h3-7,11,15H,8-10,12-13H2,1-2H3. The van der Waals surface area contributed by atoms with E-state index in [2.05, 4.69) is 0 Å². The Labute approximate surface area is 168 Å². The second kappa shape index (κ2) is 7.73. The van der Waals surface area contributed by atoms with Crippen molar-refractivity contribution in [2.45, 2.75) is 19.4 Å². The predicted octanol–water partition coefficient (Wildman–Crippen LogP) is 2.78. The van der Waals surface area contributed by atoms with E-state index >= 15 is 0 Å². The van der Waals surface area contributed by atoms with Gasteiger partial charge in [-0.05, 0) is 30.2 Å². The number of fused-ring (bicyclic) bond motifs is 1. The lowest BCUT2D eigenvalue weighted by Gasteiger charge is -2.31. The number of hydrogen-bond donors (Lipinski definition) is 0. The number of nitrogens with zero attached hydrogens (tertiary/aromatic N) is 2. The van der Waals surface area contributed by atoms with Crippen LogP contribution >= 0.6 is 0 Å². The Morgan fingerprint density at radius 2 is 2.00 bits per heavy atom. The van der Waals surface area contributed by atoms with E-state index in [0.29, 0.717) is 35.7 Å². The maximum Gasteiger partial charge on any atom is 0.228 e. The van der Waals surface area contributed by atoms with Crippen molar-refractivity contribution in [2.75, 3.05) is 32.2 Å². The first-order valence-electron chi connectivity index (χ1n) is 9.59. The molecule has 0 spiro atoms. The molecule has 0 bridgehead atoms. The monoisotopic (exact) mass is 398 g/mol. The molecule has 6 nitrogen and oxygen atoms in total. The lowest BCUT2D eigenvalue weighted by Crippen LogP contribution is -2.41. The first-order chi connectivity index (χ1) is 14.0. The van der Waals surface area contributed by atoms with E-state index in [9.17, 15) is 14.0 Å². The third-order valence-corrected chi connectivity index (χ3v) is 5.68. The van der Waals surface area contributed by atoms with Gasteiger partial charge < -0.3 is 19.3 Å². The number of carbonyl (C=O) groups is 2. The molecule has 29 heavy (non-hydrogen) atoms. The number of anilines is 1. The number of ether oxygens (including phenoxy) is 2. The number of amides is 2. The van der Waals surface area contributed by atoms with Gasteiger partial charge in [-0.2, -0.15) is 0 Å². The molecular formula is C22H23FN2O4. The van der Waals surface area contributed by atoms with Crippen LogP contribution in [-0.4, -0.2) is 44.0 Å². The zero-order valence-corrected chi connectivity index (χ0v) is 16.5. The molecule has 1 fully saturated rings. The minimum Gasteiger partial charge on any atom is -0.497 e. The van der Waals surface area contributed by atoms with E-state index in [1.54, 1.807) is 41.2 Å². The maximum atomic E-state index is 14.2. The Kier molecular flexibility index (Phi) is 5.13. The average Bonchev–Trinajstić information content (AvgIpc) is 3.14. The molecule has 1 unspecified atom stereocenters. The van der Waals surface area contributed by atoms with Crippen LogP contribution in [0.5, 0.6) is 11.5 Å². The zero-order chi connectivity index (χ0) is 20.5. The summed E-state index contributed by atoms with van der Waals surface area (Å²) < 4.78 is 24.8. The fourth-order valence-electron chi connectivity index (χ4n) is 4.10. The molecule has 0 aliphatic carbocycles. The quantitative estimate of drug-likeness (QED) is 0.795. The Balaban J connectivity index is 1.51. The molecule has 0 saturated carbocycles. The molecule has 4 rings (SSSR count). The topological polar surface area (TPSA) is 59.1 Å². The number of hydrogen-bond acceptors (Lipinski definition) is 4. The van der Waals surface area contributed by atoms with E-state index in [1.165, 1.54) is 13.2 Å². The first kappa shape index (κ1) is 19.2. The van der Waals surface area contributed by atoms with Crippen LogP contribution in [0.3, 0.4) is 0 Å². The highest BCUT2D eigenvalue weighted by Crippen LogP contribution is 2.36. The molecule has 2 aliphatic heterocycles. The minimum atomic E-state index is -0.456. The second-order valence-electron chi connectivity index (χ2n) is 7.33. The second-order valence-corrected chi connectivity index (χ2v) is 7.33. The van der Waals surface area contributed by atoms with Gasteiger partial charge in [-0.25, -0.2) is 4.39 Å². The van der Waals surface area contributed by atoms with Gasteiger partial charge >= 0.3 is 0 Å². The van der Waals surface area contributed by atoms with Crippen LogP contribution < -0.4 is 14.4 Å². The highest BCUT2D eigenvalue weighted by Gasteiger charge is 2.39. The summed E-state index contributed by atoms with van der Waals surface area (Å²) in [7, 11) is 3.09. The third-order valence-electron chi connectivity index (χ3n) is 5.68. The molecule has 2 aromatic carbocycles. The molecule has 152 valence electrons. The summed E-state index contributed by atoms with van der Waals surface area (Å²) in [4.78, 5) is 29.0. The van der Waals surface area contributed by atoms with Crippen molar-refractivity contribution in [1.82, 2.24) is 4.90 Å². The SMILES string of the molecule is COc1ccc(N2CC(C(=O)N3CCc4cccc(F)c4C3)CC2=O)c(OC)c1. The predicted molar refractivity (Wildman–Crippen MR) is 106 cm³/mol. The van der Waals surface area contributed by atoms with Crippen LogP contribution in [0.4, 0.5) is 10.1 Å². The molecule has 0 radical (unpaired) electrons. The number of halogens is 1. The lowest BCUT2D eigenvalue weighted by atomic mass is 9.97. The molecule has 1 saturated heterocycles. The molecule has 2 amide bonds. The molecule has 0 aromatic heterocycles. The van der Waals surface area contributed by atoms with E-state index in [-0.39, 0.29) is 37.1 Å². The first-order valence-corrected chi connectivity index (χ1v) is 9.59. The summed E-state index contributed by atoms with van der Waals surface area (Å²) in [5, 5.41) is 0. The van der Waals surface area contributed by atoms with E-state index < -0.39 is 5.92 Å². The van der Waals surface area contributed by atoms with Gasteiger partial charge in [-0.3, -0.25) is 9.59 Å². The van der Waals surface area contributed by atoms with Crippen molar-refractivity contribution < 1.29 is 23.5 Å². The maximum absolute atomic E-state index is 14.2. The average molecular weight is 398 g/mol. The molecule has 1 atom stereocenters. The summed E-state index contributed by atoms with van der Waals surface area (Å²) in [5.74, 6) is 0.158. The van der Waals surface area contributed by atoms with Crippen LogP contribution in [0.2, 0.25) is 0 Å². The van der Waals surface area contributed by atoms with Crippen LogP contribution in [0.15, 0.2) is 36.4 Å². The third kappa shape index (κ3) is 3.52. The van der Waals surface area contributed by atoms with Gasteiger partial charge in [0.1, 0.15) is 17.3 Å². The van der Waals surface area contributed by atoms with Crippen LogP contribution in [0, 0.1) is 11.7 Å². The van der Waals surface area contributed by atoms with Crippen LogP contribution in [-0.2, 0) is 22.6 Å². The fourth-order valence-corrected chi connectivity index (χ4v) is 4.10. The van der Waals surface area contributed by atoms with Gasteiger partial charge in [0, 0.05) is 37.7 Å². The zero-order valence-electron chi connectivity index (χ0n) is 16.5. The fraction of sp³-hybridized carbons (Fsp3) is 0.364. The highest BCUT2D eigenvalue weighted by atomic mass is 19.1. The molecule has 2 heterocycles. The summed E-state index contributed by atoms with van der Waals surface area (Å²) >= 11 is 0. The van der Waals surface area contributed by atoms with Crippen molar-refractivity contribution in [3.63, 3.8) is 0 Å². The Bertz CT molecular complexity index is 962. The Morgan fingerprint density at radius 1 is 1.17 bits per heavy atom. The number of benzene rings is 2. The summed E-state index contributed by atoms with van der Waals surface area (Å²) in [6.45, 7) is 1.06. The number of rotatable bonds is 4. The molecule has 0 N–H and O–H groups in total. The summed E-state index contributed by atoms with van der Waals surface area (Å²) in [5.41, 5.74) is 2.13. The van der Waals surface area contributed by atoms with Gasteiger partial charge in [-0.15, -0.1) is 0 Å². The van der Waals surface area contributed by atoms with Crippen molar-refractivity contribution in [2.24, 2.45) is 5.92 Å². The van der Waals surface area contributed by atoms with Crippen LogP contribution in [0.1, 0.15) is 17.5 Å². The lowest BCUT2D eigenvalue weighted by molar-refractivity contribution is -0.136. The van der Waals surface area contributed by atoms with Crippen molar-refractivity contribution in [3.05, 3.63) is 53.3 Å². The molecule has 2 aliphatic rings. The number of methoxy groups -OCH3 is 2. The van der Waals surface area contributed by atoms with Crippen molar-refractivity contribution in [1.29, 1.82) is 0 Å². The smallest absolute Gasteiger partial charge is 0.228 e. The largest absolute Gasteiger partial charge is 0.497 e. The molecule has 7 heteroatoms. The summed E-state index contributed by atoms with van der Waals surface area (Å²) in [6.07, 6.45) is 0.754. The van der Waals surface area contributed by atoms with E-state index in [0.717, 1.165) is 5.56 Å². The van der Waals surface area contributed by atoms with Gasteiger partial charge in [-0.1, -0.05) is 12.1 Å². The minimum absolute atomic E-state index is 0.109. The van der Waals surface area contributed by atoms with E-state index in [4.69, 9.17) is 9.47 Å². The van der Waals surface area contributed by atoms with Gasteiger partial charge in [0.05, 0.1) is 25.8 Å². The summed E-state index contributed by atoms with van der Waals surface area (Å²) in [6, 6.07) is 10.2. The van der Waals surface area contributed by atoms with Crippen molar-refractivity contribution in [3.8, 4) is 11.5 Å². The molecule has 2 aromatic rings. The van der Waals surface area contributed by atoms with Gasteiger partial charge in [0.2, 0.25) is 11.8 Å². The van der Waals surface area contributed by atoms with Crippen LogP contribution in [0.25, 0.3) is 0 Å². The van der Waals surface area contributed by atoms with Crippen molar-refractivity contribution >= 4 is 17.5 Å².